The highest BCUT2D eigenvalue weighted by atomic mass is 14.8. The van der Waals surface area contributed by atoms with Crippen LogP contribution in [0.4, 0.5) is 0 Å². The van der Waals surface area contributed by atoms with Crippen LogP contribution < -0.4 is 0 Å². The van der Waals surface area contributed by atoms with Gasteiger partial charge < -0.3 is 0 Å². The minimum absolute atomic E-state index is 0.0192. The van der Waals surface area contributed by atoms with Crippen molar-refractivity contribution in [3.63, 3.8) is 0 Å². The molecule has 0 unspecified atom stereocenters. The van der Waals surface area contributed by atoms with Crippen molar-refractivity contribution >= 4 is 21.8 Å². The average molecular weight is 312 g/mol. The maximum atomic E-state index is 5.00. The summed E-state index contributed by atoms with van der Waals surface area (Å²) in [5.41, 5.74) is 5.46. The Hall–Kier alpha value is -2.74. The van der Waals surface area contributed by atoms with Crippen LogP contribution in [0.2, 0.25) is 0 Å². The highest BCUT2D eigenvalue weighted by Crippen LogP contribution is 2.34. The second-order valence-electron chi connectivity index (χ2n) is 7.21. The first-order chi connectivity index (χ1) is 11.5. The molecule has 118 valence electrons. The van der Waals surface area contributed by atoms with Crippen molar-refractivity contribution in [1.29, 1.82) is 0 Å². The second-order valence-corrected chi connectivity index (χ2v) is 7.21. The molecule has 2 aromatic heterocycles. The van der Waals surface area contributed by atoms with Gasteiger partial charge in [-0.25, -0.2) is 4.98 Å². The molecule has 24 heavy (non-hydrogen) atoms. The Kier molecular flexibility index (Phi) is 3.34. The first-order valence-corrected chi connectivity index (χ1v) is 8.28. The molecule has 2 aromatic carbocycles. The summed E-state index contributed by atoms with van der Waals surface area (Å²) in [4.78, 5) is 9.60. The van der Waals surface area contributed by atoms with Crippen LogP contribution in [-0.2, 0) is 5.41 Å². The lowest BCUT2D eigenvalue weighted by Crippen LogP contribution is -2.14. The molecule has 2 nitrogen and oxygen atoms in total. The predicted octanol–water partition coefficient (Wildman–Crippen LogP) is 5.75. The molecule has 0 saturated heterocycles. The summed E-state index contributed by atoms with van der Waals surface area (Å²) in [6.45, 7) is 6.61. The van der Waals surface area contributed by atoms with Crippen LogP contribution in [0.5, 0.6) is 0 Å². The lowest BCUT2D eigenvalue weighted by molar-refractivity contribution is 0.572. The SMILES string of the molecule is CC(C)(C)c1cc(-c2ccccc2)c2ccc3cccnc3c2n1. The maximum Gasteiger partial charge on any atom is 0.0974 e. The summed E-state index contributed by atoms with van der Waals surface area (Å²) in [5.74, 6) is 0. The molecule has 0 spiro atoms. The number of hydrogen-bond donors (Lipinski definition) is 0. The molecule has 0 radical (unpaired) electrons. The topological polar surface area (TPSA) is 25.8 Å². The molecule has 4 rings (SSSR count). The monoisotopic (exact) mass is 312 g/mol. The second kappa shape index (κ2) is 5.41. The van der Waals surface area contributed by atoms with Gasteiger partial charge >= 0.3 is 0 Å². The minimum Gasteiger partial charge on any atom is -0.254 e. The van der Waals surface area contributed by atoms with E-state index in [0.29, 0.717) is 0 Å². The number of rotatable bonds is 1. The fourth-order valence-electron chi connectivity index (χ4n) is 3.07. The van der Waals surface area contributed by atoms with Crippen LogP contribution in [0.1, 0.15) is 26.5 Å². The maximum absolute atomic E-state index is 5.00. The van der Waals surface area contributed by atoms with Gasteiger partial charge in [-0.15, -0.1) is 0 Å². The van der Waals surface area contributed by atoms with Gasteiger partial charge in [0, 0.05) is 28.1 Å². The van der Waals surface area contributed by atoms with Crippen molar-refractivity contribution in [3.8, 4) is 11.1 Å². The van der Waals surface area contributed by atoms with Crippen LogP contribution in [0.15, 0.2) is 66.9 Å². The van der Waals surface area contributed by atoms with E-state index in [0.717, 1.165) is 27.5 Å². The molecule has 0 fully saturated rings. The first kappa shape index (κ1) is 14.8. The number of benzene rings is 2. The normalized spacial score (nSPS) is 12.0. The van der Waals surface area contributed by atoms with E-state index in [-0.39, 0.29) is 5.41 Å². The highest BCUT2D eigenvalue weighted by molar-refractivity contribution is 6.08. The highest BCUT2D eigenvalue weighted by Gasteiger charge is 2.19. The summed E-state index contributed by atoms with van der Waals surface area (Å²) in [6, 6.07) is 21.1. The smallest absolute Gasteiger partial charge is 0.0974 e. The van der Waals surface area contributed by atoms with Gasteiger partial charge in [-0.1, -0.05) is 69.3 Å². The predicted molar refractivity (Wildman–Crippen MR) is 101 cm³/mol. The van der Waals surface area contributed by atoms with E-state index >= 15 is 0 Å². The Labute approximate surface area is 142 Å². The molecule has 2 heteroatoms. The molecule has 2 heterocycles. The van der Waals surface area contributed by atoms with E-state index in [1.807, 2.05) is 12.3 Å². The lowest BCUT2D eigenvalue weighted by atomic mass is 9.88. The Balaban J connectivity index is 2.16. The molecule has 0 aliphatic heterocycles. The summed E-state index contributed by atoms with van der Waals surface area (Å²) in [7, 11) is 0. The molecule has 0 amide bonds. The zero-order valence-corrected chi connectivity index (χ0v) is 14.2. The third kappa shape index (κ3) is 2.44. The molecular formula is C22H20N2. The molecule has 0 N–H and O–H groups in total. The Morgan fingerprint density at radius 2 is 1.58 bits per heavy atom. The van der Waals surface area contributed by atoms with Crippen molar-refractivity contribution in [2.45, 2.75) is 26.2 Å². The van der Waals surface area contributed by atoms with E-state index in [1.165, 1.54) is 11.1 Å². The van der Waals surface area contributed by atoms with Crippen LogP contribution in [0.25, 0.3) is 32.9 Å². The third-order valence-corrected chi connectivity index (χ3v) is 4.40. The van der Waals surface area contributed by atoms with Gasteiger partial charge in [-0.3, -0.25) is 4.98 Å². The van der Waals surface area contributed by atoms with Gasteiger partial charge in [-0.05, 0) is 23.3 Å². The van der Waals surface area contributed by atoms with E-state index in [4.69, 9.17) is 4.98 Å². The summed E-state index contributed by atoms with van der Waals surface area (Å²) >= 11 is 0. The van der Waals surface area contributed by atoms with E-state index in [1.54, 1.807) is 0 Å². The lowest BCUT2D eigenvalue weighted by Gasteiger charge is -2.20. The van der Waals surface area contributed by atoms with Crippen molar-refractivity contribution < 1.29 is 0 Å². The Morgan fingerprint density at radius 3 is 2.33 bits per heavy atom. The summed E-state index contributed by atoms with van der Waals surface area (Å²) in [6.07, 6.45) is 1.84. The van der Waals surface area contributed by atoms with Gasteiger partial charge in [0.1, 0.15) is 0 Å². The van der Waals surface area contributed by atoms with E-state index in [2.05, 4.69) is 80.4 Å². The average Bonchev–Trinajstić information content (AvgIpc) is 2.60. The fraction of sp³-hybridized carbons (Fsp3) is 0.182. The van der Waals surface area contributed by atoms with Crippen LogP contribution in [0, 0.1) is 0 Å². The van der Waals surface area contributed by atoms with E-state index in [9.17, 15) is 0 Å². The van der Waals surface area contributed by atoms with Gasteiger partial charge in [-0.2, -0.15) is 0 Å². The van der Waals surface area contributed by atoms with Gasteiger partial charge in [0.05, 0.1) is 11.0 Å². The Bertz CT molecular complexity index is 1030. The van der Waals surface area contributed by atoms with Crippen LogP contribution in [0.3, 0.4) is 0 Å². The Morgan fingerprint density at radius 1 is 0.792 bits per heavy atom. The summed E-state index contributed by atoms with van der Waals surface area (Å²) < 4.78 is 0. The molecular weight excluding hydrogens is 292 g/mol. The summed E-state index contributed by atoms with van der Waals surface area (Å²) in [5, 5.41) is 2.28. The molecule has 4 aromatic rings. The number of aromatic nitrogens is 2. The van der Waals surface area contributed by atoms with Crippen molar-refractivity contribution in [2.75, 3.05) is 0 Å². The number of hydrogen-bond acceptors (Lipinski definition) is 2. The first-order valence-electron chi connectivity index (χ1n) is 8.28. The van der Waals surface area contributed by atoms with Gasteiger partial charge in [0.15, 0.2) is 0 Å². The standard InChI is InChI=1S/C22H20N2/c1-22(2,3)19-14-18(15-8-5-4-6-9-15)17-12-11-16-10-7-13-23-20(16)21(17)24-19/h4-14H,1-3H3. The van der Waals surface area contributed by atoms with Crippen molar-refractivity contribution in [1.82, 2.24) is 9.97 Å². The zero-order valence-electron chi connectivity index (χ0n) is 14.2. The molecule has 0 aliphatic rings. The fourth-order valence-corrected chi connectivity index (χ4v) is 3.07. The number of fused-ring (bicyclic) bond motifs is 3. The quantitative estimate of drug-likeness (QED) is 0.418. The molecule has 0 saturated carbocycles. The van der Waals surface area contributed by atoms with Crippen molar-refractivity contribution in [3.05, 3.63) is 72.6 Å². The third-order valence-electron chi connectivity index (χ3n) is 4.40. The van der Waals surface area contributed by atoms with E-state index < -0.39 is 0 Å². The molecule has 0 aliphatic carbocycles. The van der Waals surface area contributed by atoms with Gasteiger partial charge in [0.25, 0.3) is 0 Å². The number of pyridine rings is 2. The van der Waals surface area contributed by atoms with Crippen LogP contribution >= 0.6 is 0 Å². The molecule has 0 bridgehead atoms. The van der Waals surface area contributed by atoms with Crippen LogP contribution in [-0.4, -0.2) is 9.97 Å². The number of nitrogens with zero attached hydrogens (tertiary/aromatic N) is 2. The van der Waals surface area contributed by atoms with Crippen molar-refractivity contribution in [2.24, 2.45) is 0 Å². The molecule has 0 atom stereocenters. The minimum atomic E-state index is -0.0192. The van der Waals surface area contributed by atoms with Gasteiger partial charge in [0.2, 0.25) is 0 Å². The zero-order chi connectivity index (χ0) is 16.7. The largest absolute Gasteiger partial charge is 0.254 e.